The predicted octanol–water partition coefficient (Wildman–Crippen LogP) is 4.55. The molecule has 0 bridgehead atoms. The average Bonchev–Trinajstić information content (AvgIpc) is 3.30. The minimum absolute atomic E-state index is 0.120. The summed E-state index contributed by atoms with van der Waals surface area (Å²) in [6, 6.07) is 9.56. The lowest BCUT2D eigenvalue weighted by molar-refractivity contribution is 0.0518. The second kappa shape index (κ2) is 7.38. The highest BCUT2D eigenvalue weighted by atomic mass is 79.9. The molecule has 4 rings (SSSR count). The second-order valence-corrected chi connectivity index (χ2v) is 8.54. The van der Waals surface area contributed by atoms with Crippen LogP contribution in [0.2, 0.25) is 0 Å². The van der Waals surface area contributed by atoms with Gasteiger partial charge in [0.1, 0.15) is 17.3 Å². The number of carbonyl (C=O) groups is 1. The van der Waals surface area contributed by atoms with Crippen LogP contribution in [0.15, 0.2) is 45.6 Å². The van der Waals surface area contributed by atoms with Crippen molar-refractivity contribution in [2.24, 2.45) is 0 Å². The quantitative estimate of drug-likeness (QED) is 0.584. The van der Waals surface area contributed by atoms with Gasteiger partial charge in [0.2, 0.25) is 0 Å². The zero-order chi connectivity index (χ0) is 18.1. The van der Waals surface area contributed by atoms with Crippen molar-refractivity contribution in [1.29, 1.82) is 0 Å². The van der Waals surface area contributed by atoms with Crippen molar-refractivity contribution in [2.45, 2.75) is 6.10 Å². The minimum atomic E-state index is -0.204. The van der Waals surface area contributed by atoms with E-state index >= 15 is 0 Å². The normalized spacial score (nSPS) is 15.7. The summed E-state index contributed by atoms with van der Waals surface area (Å²) in [5.74, 6) is 1.33. The van der Waals surface area contributed by atoms with Crippen LogP contribution in [0.4, 0.5) is 0 Å². The average molecular weight is 451 g/mol. The summed E-state index contributed by atoms with van der Waals surface area (Å²) in [5.41, 5.74) is 0.453. The number of aromatic nitrogens is 1. The van der Waals surface area contributed by atoms with Crippen molar-refractivity contribution in [2.75, 3.05) is 20.2 Å². The van der Waals surface area contributed by atoms with E-state index in [1.807, 2.05) is 35.7 Å². The van der Waals surface area contributed by atoms with E-state index in [-0.39, 0.29) is 12.0 Å². The number of amides is 1. The summed E-state index contributed by atoms with van der Waals surface area (Å²) in [6.45, 7) is 0.852. The van der Waals surface area contributed by atoms with Gasteiger partial charge in [0, 0.05) is 22.3 Å². The number of nitrogens with zero attached hydrogens (tertiary/aromatic N) is 2. The van der Waals surface area contributed by atoms with Crippen molar-refractivity contribution in [3.63, 3.8) is 0 Å². The lowest BCUT2D eigenvalue weighted by atomic mass is 10.2. The molecular weight excluding hydrogens is 436 g/mol. The first-order chi connectivity index (χ1) is 12.6. The Labute approximate surface area is 167 Å². The molecule has 2 aromatic heterocycles. The van der Waals surface area contributed by atoms with Crippen molar-refractivity contribution >= 4 is 44.5 Å². The number of hydrogen-bond acceptors (Lipinski definition) is 6. The fourth-order valence-electron chi connectivity index (χ4n) is 2.65. The monoisotopic (exact) mass is 450 g/mol. The van der Waals surface area contributed by atoms with Gasteiger partial charge in [-0.15, -0.1) is 22.7 Å². The number of likely N-dealkylation sites (N-methyl/N-ethyl adjacent to an activating group) is 1. The Morgan fingerprint density at radius 1 is 1.31 bits per heavy atom. The van der Waals surface area contributed by atoms with Gasteiger partial charge in [-0.3, -0.25) is 4.79 Å². The number of halogens is 1. The third-order valence-electron chi connectivity index (χ3n) is 3.89. The fourth-order valence-corrected chi connectivity index (χ4v) is 4.95. The highest BCUT2D eigenvalue weighted by Gasteiger charge is 2.25. The van der Waals surface area contributed by atoms with Crippen LogP contribution in [0.1, 0.15) is 10.5 Å². The van der Waals surface area contributed by atoms with Crippen molar-refractivity contribution in [1.82, 2.24) is 9.88 Å². The van der Waals surface area contributed by atoms with Crippen molar-refractivity contribution in [3.8, 4) is 21.4 Å². The van der Waals surface area contributed by atoms with E-state index in [0.717, 1.165) is 20.1 Å². The van der Waals surface area contributed by atoms with Gasteiger partial charge in [0.25, 0.3) is 5.91 Å². The van der Waals surface area contributed by atoms with Gasteiger partial charge in [-0.25, -0.2) is 4.98 Å². The summed E-state index contributed by atoms with van der Waals surface area (Å²) in [6.07, 6.45) is -0.204. The van der Waals surface area contributed by atoms with Gasteiger partial charge < -0.3 is 14.4 Å². The molecular formula is C18H15BrN2O3S2. The first-order valence-corrected chi connectivity index (χ1v) is 10.5. The van der Waals surface area contributed by atoms with Crippen LogP contribution in [0.5, 0.6) is 11.5 Å². The Morgan fingerprint density at radius 3 is 2.88 bits per heavy atom. The van der Waals surface area contributed by atoms with Crippen LogP contribution in [0, 0.1) is 0 Å². The number of fused-ring (bicyclic) bond motifs is 1. The van der Waals surface area contributed by atoms with E-state index in [0.29, 0.717) is 24.6 Å². The lowest BCUT2D eigenvalue weighted by Gasteiger charge is -2.29. The molecule has 134 valence electrons. The number of benzene rings is 1. The number of carbonyl (C=O) groups excluding carboxylic acids is 1. The molecule has 0 fully saturated rings. The Hall–Kier alpha value is -1.90. The van der Waals surface area contributed by atoms with E-state index in [1.165, 1.54) is 11.3 Å². The summed E-state index contributed by atoms with van der Waals surface area (Å²) in [5, 5.41) is 4.65. The molecule has 1 aromatic carbocycles. The highest BCUT2D eigenvalue weighted by molar-refractivity contribution is 9.10. The largest absolute Gasteiger partial charge is 0.486 e. The zero-order valence-electron chi connectivity index (χ0n) is 13.8. The van der Waals surface area contributed by atoms with Gasteiger partial charge in [-0.1, -0.05) is 12.1 Å². The van der Waals surface area contributed by atoms with E-state index < -0.39 is 0 Å². The van der Waals surface area contributed by atoms with Crippen LogP contribution in [-0.4, -0.2) is 42.1 Å². The van der Waals surface area contributed by atoms with Crippen LogP contribution < -0.4 is 9.47 Å². The van der Waals surface area contributed by atoms with Gasteiger partial charge in [0.05, 0.1) is 11.4 Å². The molecule has 26 heavy (non-hydrogen) atoms. The van der Waals surface area contributed by atoms with Crippen molar-refractivity contribution < 1.29 is 14.3 Å². The van der Waals surface area contributed by atoms with Gasteiger partial charge in [-0.2, -0.15) is 0 Å². The number of thiazole rings is 1. The molecule has 0 aliphatic carbocycles. The Bertz CT molecular complexity index is 940. The topological polar surface area (TPSA) is 51.7 Å². The molecule has 5 nitrogen and oxygen atoms in total. The van der Waals surface area contributed by atoms with E-state index in [4.69, 9.17) is 9.47 Å². The summed E-state index contributed by atoms with van der Waals surface area (Å²) in [7, 11) is 1.76. The number of hydrogen-bond donors (Lipinski definition) is 0. The Kier molecular flexibility index (Phi) is 4.97. The van der Waals surface area contributed by atoms with Crippen LogP contribution in [0.25, 0.3) is 9.88 Å². The molecule has 1 atom stereocenters. The van der Waals surface area contributed by atoms with Crippen molar-refractivity contribution in [3.05, 3.63) is 51.3 Å². The maximum Gasteiger partial charge on any atom is 0.273 e. The van der Waals surface area contributed by atoms with Crippen LogP contribution in [0.3, 0.4) is 0 Å². The standard InChI is InChI=1S/C18H15BrN2O3S2/c1-21(7-12-8-23-14-4-2-3-5-15(14)24-12)18(22)13-10-26-17(20-13)16-6-11(19)9-25-16/h2-6,9-10,12H,7-8H2,1H3. The maximum absolute atomic E-state index is 12.7. The lowest BCUT2D eigenvalue weighted by Crippen LogP contribution is -2.41. The number of ether oxygens (including phenoxy) is 2. The summed E-state index contributed by atoms with van der Waals surface area (Å²) in [4.78, 5) is 19.8. The molecule has 0 spiro atoms. The van der Waals surface area contributed by atoms with E-state index in [2.05, 4.69) is 20.9 Å². The molecule has 0 N–H and O–H groups in total. The Balaban J connectivity index is 1.42. The first kappa shape index (κ1) is 17.5. The van der Waals surface area contributed by atoms with Crippen LogP contribution in [-0.2, 0) is 0 Å². The minimum Gasteiger partial charge on any atom is -0.486 e. The molecule has 0 saturated heterocycles. The van der Waals surface area contributed by atoms with Crippen LogP contribution >= 0.6 is 38.6 Å². The molecule has 3 aromatic rings. The smallest absolute Gasteiger partial charge is 0.273 e. The molecule has 0 radical (unpaired) electrons. The molecule has 1 unspecified atom stereocenters. The summed E-state index contributed by atoms with van der Waals surface area (Å²) < 4.78 is 12.7. The van der Waals surface area contributed by atoms with E-state index in [1.54, 1.807) is 28.7 Å². The maximum atomic E-state index is 12.7. The molecule has 0 saturated carbocycles. The Morgan fingerprint density at radius 2 is 2.12 bits per heavy atom. The van der Waals surface area contributed by atoms with Gasteiger partial charge in [0.15, 0.2) is 17.6 Å². The first-order valence-electron chi connectivity index (χ1n) is 7.94. The second-order valence-electron chi connectivity index (χ2n) is 5.85. The zero-order valence-corrected chi connectivity index (χ0v) is 17.1. The van der Waals surface area contributed by atoms with Gasteiger partial charge >= 0.3 is 0 Å². The fraction of sp³-hybridized carbons (Fsp3) is 0.222. The predicted molar refractivity (Wildman–Crippen MR) is 106 cm³/mol. The third kappa shape index (κ3) is 3.62. The molecule has 3 heterocycles. The number of rotatable bonds is 4. The SMILES string of the molecule is CN(CC1COc2ccccc2O1)C(=O)c1csc(-c2cc(Br)cs2)n1. The molecule has 1 aliphatic heterocycles. The molecule has 1 aliphatic rings. The molecule has 1 amide bonds. The van der Waals surface area contributed by atoms with Gasteiger partial charge in [-0.05, 0) is 34.1 Å². The number of thiophene rings is 1. The molecule has 8 heteroatoms. The summed E-state index contributed by atoms with van der Waals surface area (Å²) >= 11 is 6.51. The van der Waals surface area contributed by atoms with E-state index in [9.17, 15) is 4.79 Å². The number of para-hydroxylation sites is 2. The highest BCUT2D eigenvalue weighted by Crippen LogP contribution is 2.33. The third-order valence-corrected chi connectivity index (χ3v) is 6.60.